The molecule has 0 aromatic carbocycles. The van der Waals surface area contributed by atoms with Crippen molar-refractivity contribution in [1.29, 1.82) is 0 Å². The van der Waals surface area contributed by atoms with Gasteiger partial charge in [0, 0.05) is 13.0 Å². The summed E-state index contributed by atoms with van der Waals surface area (Å²) in [5.74, 6) is -0.761. The van der Waals surface area contributed by atoms with Gasteiger partial charge in [-0.1, -0.05) is 97.3 Å². The van der Waals surface area contributed by atoms with E-state index in [0.717, 1.165) is 64.4 Å². The number of unbranched alkanes of at least 4 members (excludes halogenated alkanes) is 11. The van der Waals surface area contributed by atoms with Crippen LogP contribution in [0.25, 0.3) is 0 Å². The molecular formula is C28H54O5. The lowest BCUT2D eigenvalue weighted by Gasteiger charge is -2.30. The first-order valence-corrected chi connectivity index (χ1v) is 14.1. The van der Waals surface area contributed by atoms with E-state index in [-0.39, 0.29) is 18.4 Å². The van der Waals surface area contributed by atoms with Crippen LogP contribution in [0.5, 0.6) is 0 Å². The Labute approximate surface area is 204 Å². The Morgan fingerprint density at radius 2 is 1.45 bits per heavy atom. The van der Waals surface area contributed by atoms with Crippen LogP contribution in [0, 0.1) is 5.92 Å². The highest BCUT2D eigenvalue weighted by Crippen LogP contribution is 2.25. The van der Waals surface area contributed by atoms with Crippen LogP contribution in [-0.2, 0) is 19.0 Å². The molecule has 1 aliphatic heterocycles. The average molecular weight is 471 g/mol. The summed E-state index contributed by atoms with van der Waals surface area (Å²) in [6.07, 6.45) is 20.2. The lowest BCUT2D eigenvalue weighted by Crippen LogP contribution is -2.35. The number of hydrogen-bond donors (Lipinski definition) is 1. The number of aliphatic hydroxyl groups excluding tert-OH is 1. The van der Waals surface area contributed by atoms with E-state index in [1.54, 1.807) is 0 Å². The molecule has 0 amide bonds. The van der Waals surface area contributed by atoms with Gasteiger partial charge in [-0.25, -0.2) is 0 Å². The van der Waals surface area contributed by atoms with Crippen molar-refractivity contribution in [1.82, 2.24) is 0 Å². The van der Waals surface area contributed by atoms with Crippen molar-refractivity contribution in [3.05, 3.63) is 0 Å². The molecule has 1 heterocycles. The van der Waals surface area contributed by atoms with Gasteiger partial charge >= 0.3 is 5.97 Å². The van der Waals surface area contributed by atoms with Crippen LogP contribution in [0.4, 0.5) is 0 Å². The van der Waals surface area contributed by atoms with Gasteiger partial charge in [0.15, 0.2) is 6.29 Å². The highest BCUT2D eigenvalue weighted by atomic mass is 16.7. The molecule has 33 heavy (non-hydrogen) atoms. The Kier molecular flexibility index (Phi) is 19.1. The van der Waals surface area contributed by atoms with Crippen molar-refractivity contribution in [2.75, 3.05) is 13.7 Å². The second kappa shape index (κ2) is 20.7. The molecule has 5 nitrogen and oxygen atoms in total. The second-order valence-corrected chi connectivity index (χ2v) is 9.95. The van der Waals surface area contributed by atoms with E-state index in [9.17, 15) is 9.90 Å². The minimum absolute atomic E-state index is 0.0737. The van der Waals surface area contributed by atoms with Gasteiger partial charge in [0.2, 0.25) is 0 Å². The van der Waals surface area contributed by atoms with Crippen LogP contribution in [-0.4, -0.2) is 43.3 Å². The zero-order valence-corrected chi connectivity index (χ0v) is 22.0. The smallest absolute Gasteiger partial charge is 0.311 e. The van der Waals surface area contributed by atoms with Crippen LogP contribution in [0.3, 0.4) is 0 Å². The summed E-state index contributed by atoms with van der Waals surface area (Å²) in [6, 6.07) is 0. The molecule has 4 atom stereocenters. The van der Waals surface area contributed by atoms with E-state index in [0.29, 0.717) is 12.8 Å². The van der Waals surface area contributed by atoms with Gasteiger partial charge < -0.3 is 19.3 Å². The molecule has 0 bridgehead atoms. The van der Waals surface area contributed by atoms with Crippen LogP contribution in [0.1, 0.15) is 136 Å². The van der Waals surface area contributed by atoms with E-state index < -0.39 is 12.0 Å². The molecule has 0 aliphatic carbocycles. The maximum atomic E-state index is 12.4. The van der Waals surface area contributed by atoms with E-state index in [1.165, 1.54) is 58.5 Å². The lowest BCUT2D eigenvalue weighted by atomic mass is 9.90. The number of esters is 1. The quantitative estimate of drug-likeness (QED) is 0.140. The van der Waals surface area contributed by atoms with Crippen molar-refractivity contribution >= 4 is 5.97 Å². The van der Waals surface area contributed by atoms with Crippen molar-refractivity contribution < 1.29 is 24.1 Å². The number of carbonyl (C=O) groups excluding carboxylic acids is 1. The van der Waals surface area contributed by atoms with Gasteiger partial charge in [-0.3, -0.25) is 4.79 Å². The topological polar surface area (TPSA) is 65.0 Å². The van der Waals surface area contributed by atoms with Crippen LogP contribution < -0.4 is 0 Å². The van der Waals surface area contributed by atoms with Crippen molar-refractivity contribution in [2.24, 2.45) is 5.92 Å². The molecule has 0 radical (unpaired) electrons. The van der Waals surface area contributed by atoms with Gasteiger partial charge in [-0.15, -0.1) is 0 Å². The molecule has 196 valence electrons. The fourth-order valence-corrected chi connectivity index (χ4v) is 4.80. The second-order valence-electron chi connectivity index (χ2n) is 9.95. The van der Waals surface area contributed by atoms with Crippen LogP contribution >= 0.6 is 0 Å². The molecule has 0 aromatic rings. The van der Waals surface area contributed by atoms with Crippen LogP contribution in [0.15, 0.2) is 0 Å². The fraction of sp³-hybridized carbons (Fsp3) is 0.964. The molecule has 0 spiro atoms. The first-order valence-electron chi connectivity index (χ1n) is 14.1. The largest absolute Gasteiger partial charge is 0.469 e. The number of ether oxygens (including phenoxy) is 3. The van der Waals surface area contributed by atoms with Gasteiger partial charge in [0.25, 0.3) is 0 Å². The lowest BCUT2D eigenvalue weighted by molar-refractivity contribution is -0.196. The summed E-state index contributed by atoms with van der Waals surface area (Å²) in [6.45, 7) is 5.18. The van der Waals surface area contributed by atoms with Gasteiger partial charge in [0.1, 0.15) is 0 Å². The monoisotopic (exact) mass is 470 g/mol. The van der Waals surface area contributed by atoms with E-state index in [2.05, 4.69) is 13.8 Å². The van der Waals surface area contributed by atoms with Gasteiger partial charge in [-0.2, -0.15) is 0 Å². The van der Waals surface area contributed by atoms with Crippen molar-refractivity contribution in [3.8, 4) is 0 Å². The molecule has 1 unspecified atom stereocenters. The number of hydrogen-bond acceptors (Lipinski definition) is 5. The zero-order valence-electron chi connectivity index (χ0n) is 22.0. The van der Waals surface area contributed by atoms with Crippen LogP contribution in [0.2, 0.25) is 0 Å². The minimum Gasteiger partial charge on any atom is -0.469 e. The standard InChI is InChI=1S/C28H54O5/c1-4-6-8-10-11-12-13-14-15-19-24(33-27-21-17-18-22-32-27)23-26(29)25(28(30)31-3)20-16-9-7-5-2/h24-27,29H,4-23H2,1-3H3/t24-,25-,26-,27?/m0/s1. The predicted molar refractivity (Wildman–Crippen MR) is 135 cm³/mol. The number of carbonyl (C=O) groups is 1. The predicted octanol–water partition coefficient (Wildman–Crippen LogP) is 7.33. The Bertz CT molecular complexity index is 450. The molecule has 5 heteroatoms. The number of rotatable bonds is 21. The number of methoxy groups -OCH3 is 1. The van der Waals surface area contributed by atoms with E-state index in [4.69, 9.17) is 14.2 Å². The summed E-state index contributed by atoms with van der Waals surface area (Å²) in [5, 5.41) is 11.0. The third-order valence-electron chi connectivity index (χ3n) is 6.95. The Balaban J connectivity index is 2.50. The molecule has 1 N–H and O–H groups in total. The summed E-state index contributed by atoms with van der Waals surface area (Å²) < 4.78 is 17.1. The van der Waals surface area contributed by atoms with Gasteiger partial charge in [0.05, 0.1) is 25.2 Å². The molecule has 1 rings (SSSR count). The van der Waals surface area contributed by atoms with Crippen molar-refractivity contribution in [2.45, 2.75) is 154 Å². The zero-order chi connectivity index (χ0) is 24.2. The van der Waals surface area contributed by atoms with Crippen molar-refractivity contribution in [3.63, 3.8) is 0 Å². The molecule has 1 aliphatic rings. The van der Waals surface area contributed by atoms with E-state index >= 15 is 0 Å². The first kappa shape index (κ1) is 30.4. The highest BCUT2D eigenvalue weighted by Gasteiger charge is 2.31. The highest BCUT2D eigenvalue weighted by molar-refractivity contribution is 5.72. The third kappa shape index (κ3) is 15.1. The third-order valence-corrected chi connectivity index (χ3v) is 6.95. The Morgan fingerprint density at radius 1 is 0.879 bits per heavy atom. The summed E-state index contributed by atoms with van der Waals surface area (Å²) in [5.41, 5.74) is 0. The molecule has 0 aromatic heterocycles. The maximum Gasteiger partial charge on any atom is 0.311 e. The number of aliphatic hydroxyl groups is 1. The molecule has 1 saturated heterocycles. The Morgan fingerprint density at radius 3 is 2.03 bits per heavy atom. The first-order chi connectivity index (χ1) is 16.1. The normalized spacial score (nSPS) is 19.2. The molecular weight excluding hydrogens is 416 g/mol. The SMILES string of the molecule is CCCCCCCCCCC[C@@H](C[C@H](O)[C@H](CCCCCC)C(=O)OC)OC1CCCCO1. The maximum absolute atomic E-state index is 12.4. The average Bonchev–Trinajstić information content (AvgIpc) is 2.83. The summed E-state index contributed by atoms with van der Waals surface area (Å²) in [7, 11) is 1.42. The molecule has 1 fully saturated rings. The molecule has 0 saturated carbocycles. The van der Waals surface area contributed by atoms with Gasteiger partial charge in [-0.05, 0) is 32.1 Å². The van der Waals surface area contributed by atoms with E-state index in [1.807, 2.05) is 0 Å². The summed E-state index contributed by atoms with van der Waals surface area (Å²) in [4.78, 5) is 12.4. The fourth-order valence-electron chi connectivity index (χ4n) is 4.80. The minimum atomic E-state index is -0.730. The Hall–Kier alpha value is -0.650. The summed E-state index contributed by atoms with van der Waals surface area (Å²) >= 11 is 0.